The summed E-state index contributed by atoms with van der Waals surface area (Å²) in [7, 11) is 0. The molecule has 37 heavy (non-hydrogen) atoms. The summed E-state index contributed by atoms with van der Waals surface area (Å²) in [4.78, 5) is 47.6. The average Bonchev–Trinajstić information content (AvgIpc) is 3.07. The number of amides is 3. The van der Waals surface area contributed by atoms with E-state index in [9.17, 15) is 23.2 Å². The summed E-state index contributed by atoms with van der Waals surface area (Å²) in [5.74, 6) is -2.31. The second-order valence-electron chi connectivity index (χ2n) is 9.61. The third kappa shape index (κ3) is 5.18. The first-order chi connectivity index (χ1) is 17.8. The minimum atomic E-state index is -0.940. The molecule has 3 aromatic rings. The fourth-order valence-electron chi connectivity index (χ4n) is 5.46. The van der Waals surface area contributed by atoms with Crippen LogP contribution in [0.25, 0.3) is 11.2 Å². The molecule has 3 amide bonds. The Morgan fingerprint density at radius 3 is 2.57 bits per heavy atom. The second kappa shape index (κ2) is 10.5. The number of halogens is 3. The molecule has 2 aliphatic rings. The lowest BCUT2D eigenvalue weighted by molar-refractivity contribution is 0.165. The van der Waals surface area contributed by atoms with E-state index in [4.69, 9.17) is 11.6 Å². The fourth-order valence-corrected chi connectivity index (χ4v) is 5.59. The molecule has 2 atom stereocenters. The van der Waals surface area contributed by atoms with Gasteiger partial charge in [0.25, 0.3) is 0 Å². The number of H-pyrrole nitrogens is 1. The molecule has 0 radical (unpaired) electrons. The van der Waals surface area contributed by atoms with E-state index in [1.165, 1.54) is 17.0 Å². The number of likely N-dealkylation sites (tertiary alicyclic amines) is 2. The molecule has 1 aromatic carbocycles. The molecule has 12 heteroatoms. The molecular weight excluding hydrogens is 506 g/mol. The third-order valence-corrected chi connectivity index (χ3v) is 7.59. The molecule has 9 nitrogen and oxygen atoms in total. The van der Waals surface area contributed by atoms with Gasteiger partial charge in [-0.3, -0.25) is 14.3 Å². The number of nitrogens with one attached hydrogen (secondary N) is 2. The number of imidazole rings is 1. The zero-order chi connectivity index (χ0) is 26.1. The van der Waals surface area contributed by atoms with E-state index in [-0.39, 0.29) is 36.4 Å². The Bertz CT molecular complexity index is 1370. The van der Waals surface area contributed by atoms with E-state index < -0.39 is 29.0 Å². The topological polar surface area (TPSA) is 103 Å². The standard InChI is InChI=1S/C25H27ClF2N6O3/c26-23(35)33-13-15(18-3-1-4-19(27)21(18)28)6-7-16(14-33)30-24(36)32-11-8-17(9-12-32)34-20-5-2-10-29-22(20)31-25(34)37/h1-5,10,15-17H,6-9,11-14H2,(H,30,36)(H,29,31,37)/t15-,16-/m1/s1. The summed E-state index contributed by atoms with van der Waals surface area (Å²) in [6.45, 7) is 1.22. The van der Waals surface area contributed by atoms with E-state index >= 15 is 0 Å². The predicted molar refractivity (Wildman–Crippen MR) is 134 cm³/mol. The van der Waals surface area contributed by atoms with Gasteiger partial charge in [0.1, 0.15) is 0 Å². The lowest BCUT2D eigenvalue weighted by Crippen LogP contribution is -2.51. The maximum atomic E-state index is 14.4. The van der Waals surface area contributed by atoms with Crippen molar-refractivity contribution in [2.24, 2.45) is 0 Å². The number of carbonyl (C=O) groups excluding carboxylic acids is 2. The minimum absolute atomic E-state index is 0.0568. The molecule has 5 rings (SSSR count). The lowest BCUT2D eigenvalue weighted by atomic mass is 9.93. The fraction of sp³-hybridized carbons (Fsp3) is 0.440. The van der Waals surface area contributed by atoms with Crippen molar-refractivity contribution in [1.29, 1.82) is 0 Å². The highest BCUT2D eigenvalue weighted by Crippen LogP contribution is 2.30. The number of urea groups is 1. The van der Waals surface area contributed by atoms with Crippen LogP contribution in [0.15, 0.2) is 41.3 Å². The number of carbonyl (C=O) groups is 2. The Labute approximate surface area is 216 Å². The Morgan fingerprint density at radius 2 is 1.81 bits per heavy atom. The maximum Gasteiger partial charge on any atom is 0.327 e. The molecule has 4 heterocycles. The predicted octanol–water partition coefficient (Wildman–Crippen LogP) is 3.96. The molecule has 0 bridgehead atoms. The van der Waals surface area contributed by atoms with Gasteiger partial charge in [-0.1, -0.05) is 12.1 Å². The SMILES string of the molecule is O=C(Cl)N1C[C@H](NC(=O)N2CCC(n3c(=O)[nH]c4ncccc43)CC2)CC[C@@H](c2cccc(F)c2F)C1. The van der Waals surface area contributed by atoms with Crippen LogP contribution in [0, 0.1) is 11.6 Å². The van der Waals surface area contributed by atoms with Crippen LogP contribution >= 0.6 is 11.6 Å². The van der Waals surface area contributed by atoms with Crippen molar-refractivity contribution in [3.8, 4) is 0 Å². The van der Waals surface area contributed by atoms with Crippen molar-refractivity contribution in [2.45, 2.75) is 43.7 Å². The zero-order valence-electron chi connectivity index (χ0n) is 20.0. The first kappa shape index (κ1) is 25.2. The van der Waals surface area contributed by atoms with Crippen molar-refractivity contribution in [2.75, 3.05) is 26.2 Å². The number of nitrogens with zero attached hydrogens (tertiary/aromatic N) is 4. The number of hydrogen-bond acceptors (Lipinski definition) is 4. The molecule has 0 saturated carbocycles. The van der Waals surface area contributed by atoms with Crippen LogP contribution in [0.5, 0.6) is 0 Å². The van der Waals surface area contributed by atoms with Crippen molar-refractivity contribution >= 4 is 34.2 Å². The molecule has 2 aromatic heterocycles. The molecule has 0 spiro atoms. The molecular formula is C25H27ClF2N6O3. The van der Waals surface area contributed by atoms with Crippen molar-refractivity contribution in [1.82, 2.24) is 29.7 Å². The maximum absolute atomic E-state index is 14.4. The second-order valence-corrected chi connectivity index (χ2v) is 9.93. The summed E-state index contributed by atoms with van der Waals surface area (Å²) < 4.78 is 29.9. The molecule has 2 fully saturated rings. The van der Waals surface area contributed by atoms with Crippen LogP contribution in [-0.2, 0) is 0 Å². The highest BCUT2D eigenvalue weighted by atomic mass is 35.5. The molecule has 2 N–H and O–H groups in total. The Kier molecular flexibility index (Phi) is 7.14. The lowest BCUT2D eigenvalue weighted by Gasteiger charge is -2.34. The van der Waals surface area contributed by atoms with E-state index in [1.54, 1.807) is 21.7 Å². The normalized spacial score (nSPS) is 21.2. The minimum Gasteiger partial charge on any atom is -0.333 e. The van der Waals surface area contributed by atoms with Crippen molar-refractivity contribution in [3.63, 3.8) is 0 Å². The largest absolute Gasteiger partial charge is 0.333 e. The number of aromatic nitrogens is 3. The van der Waals surface area contributed by atoms with Gasteiger partial charge in [-0.05, 0) is 61.0 Å². The molecule has 196 valence electrons. The Morgan fingerprint density at radius 1 is 1.03 bits per heavy atom. The summed E-state index contributed by atoms with van der Waals surface area (Å²) >= 11 is 5.78. The Balaban J connectivity index is 1.22. The van der Waals surface area contributed by atoms with Gasteiger partial charge in [0.15, 0.2) is 17.3 Å². The molecule has 0 unspecified atom stereocenters. The van der Waals surface area contributed by atoms with E-state index in [2.05, 4.69) is 15.3 Å². The zero-order valence-corrected chi connectivity index (χ0v) is 20.8. The number of aromatic amines is 1. The molecule has 2 aliphatic heterocycles. The number of fused-ring (bicyclic) bond motifs is 1. The number of piperidine rings is 1. The van der Waals surface area contributed by atoms with Gasteiger partial charge in [-0.25, -0.2) is 23.4 Å². The van der Waals surface area contributed by atoms with Gasteiger partial charge in [-0.2, -0.15) is 0 Å². The number of pyridine rings is 1. The quantitative estimate of drug-likeness (QED) is 0.394. The van der Waals surface area contributed by atoms with Gasteiger partial charge in [0.2, 0.25) is 0 Å². The molecule has 0 aliphatic carbocycles. The monoisotopic (exact) mass is 532 g/mol. The first-order valence-electron chi connectivity index (χ1n) is 12.3. The van der Waals surface area contributed by atoms with Gasteiger partial charge in [-0.15, -0.1) is 0 Å². The van der Waals surface area contributed by atoms with Crippen LogP contribution in [0.3, 0.4) is 0 Å². The van der Waals surface area contributed by atoms with Crippen LogP contribution in [0.4, 0.5) is 18.4 Å². The van der Waals surface area contributed by atoms with E-state index in [0.29, 0.717) is 44.4 Å². The van der Waals surface area contributed by atoms with Gasteiger partial charge in [0, 0.05) is 50.4 Å². The smallest absolute Gasteiger partial charge is 0.327 e. The summed E-state index contributed by atoms with van der Waals surface area (Å²) in [6.07, 6.45) is 3.76. The highest BCUT2D eigenvalue weighted by Gasteiger charge is 2.32. The summed E-state index contributed by atoms with van der Waals surface area (Å²) in [5, 5.41) is 2.28. The van der Waals surface area contributed by atoms with Crippen LogP contribution < -0.4 is 11.0 Å². The van der Waals surface area contributed by atoms with E-state index in [1.807, 2.05) is 6.07 Å². The third-order valence-electron chi connectivity index (χ3n) is 7.35. The van der Waals surface area contributed by atoms with E-state index in [0.717, 1.165) is 11.6 Å². The summed E-state index contributed by atoms with van der Waals surface area (Å²) in [5.41, 5.74) is 1.25. The average molecular weight is 533 g/mol. The van der Waals surface area contributed by atoms with Gasteiger partial charge < -0.3 is 15.1 Å². The van der Waals surface area contributed by atoms with Crippen LogP contribution in [0.1, 0.15) is 43.2 Å². The van der Waals surface area contributed by atoms with Crippen LogP contribution in [-0.4, -0.2) is 68.0 Å². The van der Waals surface area contributed by atoms with Crippen LogP contribution in [0.2, 0.25) is 0 Å². The number of hydrogen-bond donors (Lipinski definition) is 2. The highest BCUT2D eigenvalue weighted by molar-refractivity contribution is 6.62. The summed E-state index contributed by atoms with van der Waals surface area (Å²) in [6, 6.07) is 6.91. The van der Waals surface area contributed by atoms with Gasteiger partial charge >= 0.3 is 17.1 Å². The molecule has 2 saturated heterocycles. The first-order valence-corrected chi connectivity index (χ1v) is 12.7. The number of benzene rings is 1. The van der Waals surface area contributed by atoms with Crippen molar-refractivity contribution < 1.29 is 18.4 Å². The Hall–Kier alpha value is -3.47. The van der Waals surface area contributed by atoms with Crippen molar-refractivity contribution in [3.05, 3.63) is 64.2 Å². The van der Waals surface area contributed by atoms with Gasteiger partial charge in [0.05, 0.1) is 5.52 Å². The number of rotatable bonds is 3.